The summed E-state index contributed by atoms with van der Waals surface area (Å²) in [5.41, 5.74) is 0.997. The number of hydrogen-bond donors (Lipinski definition) is 1. The molecule has 0 heterocycles. The minimum atomic E-state index is -4.00. The van der Waals surface area contributed by atoms with Gasteiger partial charge < -0.3 is 9.47 Å². The fourth-order valence-electron chi connectivity index (χ4n) is 1.74. The number of methoxy groups -OCH3 is 1. The van der Waals surface area contributed by atoms with Crippen molar-refractivity contribution in [2.75, 3.05) is 7.11 Å². The average molecular weight is 394 g/mol. The lowest BCUT2D eigenvalue weighted by atomic mass is 10.1. The zero-order valence-electron chi connectivity index (χ0n) is 12.0. The lowest BCUT2D eigenvalue weighted by Gasteiger charge is -2.16. The molecule has 0 radical (unpaired) electrons. The van der Waals surface area contributed by atoms with Crippen LogP contribution in [-0.4, -0.2) is 27.5 Å². The van der Waals surface area contributed by atoms with Crippen LogP contribution in [0.2, 0.25) is 0 Å². The summed E-state index contributed by atoms with van der Waals surface area (Å²) >= 11 is 3.25. The molecule has 0 spiro atoms. The Morgan fingerprint density at radius 2 is 2.00 bits per heavy atom. The van der Waals surface area contributed by atoms with Gasteiger partial charge in [-0.05, 0) is 17.2 Å². The fourth-order valence-corrected chi connectivity index (χ4v) is 3.53. The van der Waals surface area contributed by atoms with Crippen LogP contribution in [0.3, 0.4) is 0 Å². The normalized spacial score (nSPS) is 12.5. The molecule has 1 unspecified atom stereocenters. The molecule has 0 aliphatic heterocycles. The van der Waals surface area contributed by atoms with E-state index in [-0.39, 0.29) is 6.61 Å². The van der Waals surface area contributed by atoms with Crippen molar-refractivity contribution >= 4 is 37.9 Å². The van der Waals surface area contributed by atoms with Crippen molar-refractivity contribution in [3.05, 3.63) is 33.8 Å². The number of benzene rings is 1. The van der Waals surface area contributed by atoms with Gasteiger partial charge in [0.25, 0.3) is 0 Å². The fraction of sp³-hybridized carbons (Fsp3) is 0.385. The van der Waals surface area contributed by atoms with Crippen molar-refractivity contribution in [2.24, 2.45) is 5.14 Å². The largest absolute Gasteiger partial charge is 0.469 e. The molecule has 1 aromatic rings. The number of halogens is 1. The summed E-state index contributed by atoms with van der Waals surface area (Å²) in [6.07, 6.45) is -0.392. The van der Waals surface area contributed by atoms with Crippen LogP contribution in [0.25, 0.3) is 0 Å². The maximum Gasteiger partial charge on any atom is 0.307 e. The Kier molecular flexibility index (Phi) is 6.51. The topological polar surface area (TPSA) is 113 Å². The van der Waals surface area contributed by atoms with E-state index in [1.165, 1.54) is 20.1 Å². The van der Waals surface area contributed by atoms with Crippen molar-refractivity contribution < 1.29 is 27.5 Å². The lowest BCUT2D eigenvalue weighted by molar-refractivity contribution is -0.142. The minimum Gasteiger partial charge on any atom is -0.469 e. The summed E-state index contributed by atoms with van der Waals surface area (Å²) in [6.45, 7) is 1.35. The molecule has 22 heavy (non-hydrogen) atoms. The van der Waals surface area contributed by atoms with Crippen molar-refractivity contribution in [3.8, 4) is 0 Å². The van der Waals surface area contributed by atoms with Gasteiger partial charge in [0, 0.05) is 11.4 Å². The molecule has 0 aliphatic carbocycles. The number of nitrogens with two attached hydrogens (primary N) is 1. The van der Waals surface area contributed by atoms with E-state index in [9.17, 15) is 18.0 Å². The number of ether oxygens (including phenoxy) is 2. The number of sulfonamides is 1. The third-order valence-corrected chi connectivity index (χ3v) is 4.73. The highest BCUT2D eigenvalue weighted by molar-refractivity contribution is 9.10. The molecule has 0 bridgehead atoms. The molecule has 0 aliphatic rings. The zero-order valence-corrected chi connectivity index (χ0v) is 14.4. The smallest absolute Gasteiger partial charge is 0.307 e. The highest BCUT2D eigenvalue weighted by atomic mass is 79.9. The van der Waals surface area contributed by atoms with Gasteiger partial charge in [0.2, 0.25) is 10.0 Å². The molecule has 1 aromatic carbocycles. The van der Waals surface area contributed by atoms with Crippen LogP contribution < -0.4 is 5.14 Å². The Morgan fingerprint density at radius 1 is 1.36 bits per heavy atom. The highest BCUT2D eigenvalue weighted by Gasteiger charge is 2.29. The van der Waals surface area contributed by atoms with Crippen LogP contribution in [0.1, 0.15) is 29.7 Å². The highest BCUT2D eigenvalue weighted by Crippen LogP contribution is 2.31. The van der Waals surface area contributed by atoms with Crippen molar-refractivity contribution in [1.29, 1.82) is 0 Å². The molecule has 9 heteroatoms. The van der Waals surface area contributed by atoms with Gasteiger partial charge in [-0.2, -0.15) is 0 Å². The van der Waals surface area contributed by atoms with Gasteiger partial charge in [0.15, 0.2) is 0 Å². The van der Waals surface area contributed by atoms with Gasteiger partial charge in [0.05, 0.1) is 13.5 Å². The molecule has 0 aromatic heterocycles. The van der Waals surface area contributed by atoms with E-state index in [1.807, 2.05) is 0 Å². The van der Waals surface area contributed by atoms with Crippen molar-refractivity contribution in [3.63, 3.8) is 0 Å². The van der Waals surface area contributed by atoms with Crippen LogP contribution in [-0.2, 0) is 35.7 Å². The number of rotatable bonds is 6. The molecular formula is C13H16BrNO6S. The van der Waals surface area contributed by atoms with Crippen LogP contribution in [0.15, 0.2) is 22.7 Å². The zero-order chi connectivity index (χ0) is 16.9. The summed E-state index contributed by atoms with van der Waals surface area (Å²) in [5, 5.41) is 3.97. The maximum absolute atomic E-state index is 11.7. The third kappa shape index (κ3) is 5.39. The molecule has 0 saturated heterocycles. The van der Waals surface area contributed by atoms with Gasteiger partial charge in [-0.25, -0.2) is 13.6 Å². The molecule has 7 nitrogen and oxygen atoms in total. The number of primary sulfonamides is 1. The van der Waals surface area contributed by atoms with Crippen LogP contribution in [0, 0.1) is 0 Å². The quantitative estimate of drug-likeness (QED) is 0.730. The molecule has 2 N–H and O–H groups in total. The first-order valence-electron chi connectivity index (χ1n) is 6.15. The summed E-state index contributed by atoms with van der Waals surface area (Å²) in [5.74, 6) is -1.11. The lowest BCUT2D eigenvalue weighted by Crippen LogP contribution is -2.25. The molecule has 0 amide bonds. The van der Waals surface area contributed by atoms with Gasteiger partial charge in [-0.3, -0.25) is 9.59 Å². The van der Waals surface area contributed by atoms with Crippen molar-refractivity contribution in [2.45, 2.75) is 25.2 Å². The number of esters is 2. The first kappa shape index (κ1) is 18.6. The molecule has 0 saturated carbocycles. The first-order valence-corrected chi connectivity index (χ1v) is 8.55. The molecule has 0 fully saturated rings. The Balaban J connectivity index is 3.10. The van der Waals surface area contributed by atoms with E-state index < -0.39 is 33.6 Å². The summed E-state index contributed by atoms with van der Waals surface area (Å²) in [6, 6.07) is 4.72. The second-order valence-corrected chi connectivity index (χ2v) is 7.10. The van der Waals surface area contributed by atoms with E-state index in [0.29, 0.717) is 15.6 Å². The Labute approximate surface area is 137 Å². The number of carbonyl (C=O) groups is 2. The van der Waals surface area contributed by atoms with Gasteiger partial charge in [-0.15, -0.1) is 0 Å². The van der Waals surface area contributed by atoms with Crippen LogP contribution in [0.5, 0.6) is 0 Å². The number of carbonyl (C=O) groups excluding carboxylic acids is 2. The van der Waals surface area contributed by atoms with Crippen LogP contribution in [0.4, 0.5) is 0 Å². The molecular weight excluding hydrogens is 378 g/mol. The first-order chi connectivity index (χ1) is 10.1. The van der Waals surface area contributed by atoms with E-state index >= 15 is 0 Å². The van der Waals surface area contributed by atoms with Gasteiger partial charge in [0.1, 0.15) is 11.9 Å². The van der Waals surface area contributed by atoms with E-state index in [0.717, 1.165) is 0 Å². The molecule has 122 valence electrons. The average Bonchev–Trinajstić information content (AvgIpc) is 2.41. The molecule has 1 atom stereocenters. The summed E-state index contributed by atoms with van der Waals surface area (Å²) in [4.78, 5) is 22.2. The number of hydrogen-bond acceptors (Lipinski definition) is 6. The van der Waals surface area contributed by atoms with E-state index in [4.69, 9.17) is 9.88 Å². The molecule has 1 rings (SSSR count). The predicted molar refractivity (Wildman–Crippen MR) is 82.1 cm³/mol. The Hall–Kier alpha value is -1.45. The van der Waals surface area contributed by atoms with Crippen LogP contribution >= 0.6 is 15.9 Å². The second kappa shape index (κ2) is 7.70. The maximum atomic E-state index is 11.7. The third-order valence-electron chi connectivity index (χ3n) is 2.83. The summed E-state index contributed by atoms with van der Waals surface area (Å²) < 4.78 is 33.2. The predicted octanol–water partition coefficient (Wildman–Crippen LogP) is 1.40. The Bertz CT molecular complexity index is 673. The van der Waals surface area contributed by atoms with E-state index in [1.54, 1.807) is 12.1 Å². The van der Waals surface area contributed by atoms with E-state index in [2.05, 4.69) is 20.7 Å². The van der Waals surface area contributed by atoms with Crippen molar-refractivity contribution in [1.82, 2.24) is 0 Å². The minimum absolute atomic E-state index is 0.0608. The van der Waals surface area contributed by atoms with Gasteiger partial charge >= 0.3 is 11.9 Å². The second-order valence-electron chi connectivity index (χ2n) is 4.49. The van der Waals surface area contributed by atoms with Gasteiger partial charge in [-0.1, -0.05) is 28.1 Å². The monoisotopic (exact) mass is 393 g/mol. The standard InChI is InChI=1S/C13H16BrNO6S/c1-8(16)21-7-9-3-4-10(11(14)5-9)12(22(15,18)19)6-13(17)20-2/h3-5,12H,6-7H2,1-2H3,(H2,15,18,19). The Morgan fingerprint density at radius 3 is 2.45 bits per heavy atom. The SMILES string of the molecule is COC(=O)CC(c1ccc(COC(C)=O)cc1Br)S(N)(=O)=O. The summed E-state index contributed by atoms with van der Waals surface area (Å²) in [7, 11) is -2.83.